The van der Waals surface area contributed by atoms with Crippen molar-refractivity contribution in [1.29, 1.82) is 0 Å². The van der Waals surface area contributed by atoms with Gasteiger partial charge in [-0.2, -0.15) is 0 Å². The Morgan fingerprint density at radius 2 is 2.10 bits per heavy atom. The first-order valence-electron chi connectivity index (χ1n) is 3.69. The van der Waals surface area contributed by atoms with Crippen molar-refractivity contribution in [3.8, 4) is 0 Å². The van der Waals surface area contributed by atoms with E-state index in [2.05, 4.69) is 11.9 Å². The second-order valence-electron chi connectivity index (χ2n) is 2.21. The number of allylic oxidation sites excluding steroid dienone is 1. The molecule has 2 heteroatoms. The van der Waals surface area contributed by atoms with E-state index in [1.54, 1.807) is 0 Å². The van der Waals surface area contributed by atoms with Crippen LogP contribution in [0.25, 0.3) is 0 Å². The molecule has 1 amide bonds. The van der Waals surface area contributed by atoms with Gasteiger partial charge in [0.1, 0.15) is 0 Å². The van der Waals surface area contributed by atoms with Crippen molar-refractivity contribution in [2.45, 2.75) is 25.7 Å². The van der Waals surface area contributed by atoms with Crippen LogP contribution in [-0.2, 0) is 4.79 Å². The number of amides is 1. The molecule has 0 aliphatic carbocycles. The van der Waals surface area contributed by atoms with Crippen LogP contribution in [0.15, 0.2) is 12.7 Å². The maximum absolute atomic E-state index is 9.77. The molecule has 0 unspecified atom stereocenters. The lowest BCUT2D eigenvalue weighted by molar-refractivity contribution is -0.109. The molecule has 0 aliphatic rings. The fourth-order valence-electron chi connectivity index (χ4n) is 0.751. The molecule has 2 nitrogen and oxygen atoms in total. The highest BCUT2D eigenvalue weighted by Crippen LogP contribution is 1.97. The third kappa shape index (κ3) is 7.21. The van der Waals surface area contributed by atoms with Crippen molar-refractivity contribution < 1.29 is 4.79 Å². The van der Waals surface area contributed by atoms with Crippen LogP contribution < -0.4 is 5.32 Å². The molecule has 0 fully saturated rings. The van der Waals surface area contributed by atoms with Gasteiger partial charge in [0.2, 0.25) is 6.41 Å². The van der Waals surface area contributed by atoms with Gasteiger partial charge in [0.05, 0.1) is 0 Å². The zero-order valence-corrected chi connectivity index (χ0v) is 6.31. The van der Waals surface area contributed by atoms with Gasteiger partial charge >= 0.3 is 0 Å². The van der Waals surface area contributed by atoms with Crippen molar-refractivity contribution in [1.82, 2.24) is 5.32 Å². The van der Waals surface area contributed by atoms with Crippen molar-refractivity contribution in [2.24, 2.45) is 0 Å². The minimum Gasteiger partial charge on any atom is -0.359 e. The van der Waals surface area contributed by atoms with Crippen LogP contribution in [0.1, 0.15) is 25.7 Å². The van der Waals surface area contributed by atoms with E-state index in [9.17, 15) is 4.79 Å². The second kappa shape index (κ2) is 8.21. The SMILES string of the molecule is C=CCCCCCNC=O. The molecule has 0 saturated carbocycles. The van der Waals surface area contributed by atoms with Gasteiger partial charge in [0, 0.05) is 6.54 Å². The summed E-state index contributed by atoms with van der Waals surface area (Å²) in [4.78, 5) is 9.77. The van der Waals surface area contributed by atoms with Crippen LogP contribution in [0.3, 0.4) is 0 Å². The zero-order valence-electron chi connectivity index (χ0n) is 6.31. The lowest BCUT2D eigenvalue weighted by atomic mass is 10.2. The first-order chi connectivity index (χ1) is 4.91. The van der Waals surface area contributed by atoms with Gasteiger partial charge < -0.3 is 5.32 Å². The van der Waals surface area contributed by atoms with Gasteiger partial charge in [-0.25, -0.2) is 0 Å². The molecule has 0 radical (unpaired) electrons. The second-order valence-corrected chi connectivity index (χ2v) is 2.21. The quantitative estimate of drug-likeness (QED) is 0.325. The average molecular weight is 141 g/mol. The van der Waals surface area contributed by atoms with E-state index in [1.807, 2.05) is 6.08 Å². The Bertz CT molecular complexity index is 79.3. The fraction of sp³-hybridized carbons (Fsp3) is 0.625. The Labute approximate surface area is 62.3 Å². The molecule has 0 aromatic rings. The minimum atomic E-state index is 0.744. The maximum atomic E-state index is 9.77. The summed E-state index contributed by atoms with van der Waals surface area (Å²) in [6.07, 6.45) is 7.19. The maximum Gasteiger partial charge on any atom is 0.207 e. The smallest absolute Gasteiger partial charge is 0.207 e. The number of nitrogens with one attached hydrogen (secondary N) is 1. The van der Waals surface area contributed by atoms with Gasteiger partial charge in [-0.05, 0) is 19.3 Å². The van der Waals surface area contributed by atoms with Crippen LogP contribution in [0.4, 0.5) is 0 Å². The summed E-state index contributed by atoms with van der Waals surface area (Å²) >= 11 is 0. The predicted molar refractivity (Wildman–Crippen MR) is 42.7 cm³/mol. The molecule has 0 atom stereocenters. The van der Waals surface area contributed by atoms with E-state index in [1.165, 1.54) is 12.8 Å². The molecule has 0 spiro atoms. The predicted octanol–water partition coefficient (Wildman–Crippen LogP) is 1.48. The number of carbonyl (C=O) groups is 1. The normalized spacial score (nSPS) is 8.80. The third-order valence-electron chi connectivity index (χ3n) is 1.31. The fourth-order valence-corrected chi connectivity index (χ4v) is 0.751. The van der Waals surface area contributed by atoms with Gasteiger partial charge in [-0.1, -0.05) is 12.5 Å². The third-order valence-corrected chi connectivity index (χ3v) is 1.31. The molecule has 0 aromatic carbocycles. The lowest BCUT2D eigenvalue weighted by Gasteiger charge is -1.96. The topological polar surface area (TPSA) is 29.1 Å². The summed E-state index contributed by atoms with van der Waals surface area (Å²) in [7, 11) is 0. The summed E-state index contributed by atoms with van der Waals surface area (Å²) in [6.45, 7) is 4.43. The van der Waals surface area contributed by atoms with E-state index >= 15 is 0 Å². The molecule has 0 aromatic heterocycles. The van der Waals surface area contributed by atoms with Gasteiger partial charge in [0.25, 0.3) is 0 Å². The first-order valence-corrected chi connectivity index (χ1v) is 3.69. The Balaban J connectivity index is 2.76. The lowest BCUT2D eigenvalue weighted by Crippen LogP contribution is -2.11. The van der Waals surface area contributed by atoms with E-state index in [0.29, 0.717) is 0 Å². The van der Waals surface area contributed by atoms with E-state index in [-0.39, 0.29) is 0 Å². The largest absolute Gasteiger partial charge is 0.359 e. The molecule has 1 N–H and O–H groups in total. The van der Waals surface area contributed by atoms with Gasteiger partial charge in [-0.3, -0.25) is 4.79 Å². The number of rotatable bonds is 7. The van der Waals surface area contributed by atoms with E-state index in [0.717, 1.165) is 25.8 Å². The Morgan fingerprint density at radius 3 is 2.70 bits per heavy atom. The average Bonchev–Trinajstić information content (AvgIpc) is 1.97. The Morgan fingerprint density at radius 1 is 1.30 bits per heavy atom. The molecule has 10 heavy (non-hydrogen) atoms. The summed E-state index contributed by atoms with van der Waals surface area (Å²) < 4.78 is 0. The molecule has 0 heterocycles. The number of hydrogen-bond acceptors (Lipinski definition) is 1. The summed E-state index contributed by atoms with van der Waals surface area (Å²) in [5, 5.41) is 2.62. The summed E-state index contributed by atoms with van der Waals surface area (Å²) in [5.74, 6) is 0. The number of hydrogen-bond donors (Lipinski definition) is 1. The zero-order chi connectivity index (χ0) is 7.66. The van der Waals surface area contributed by atoms with Gasteiger partial charge in [0.15, 0.2) is 0 Å². The van der Waals surface area contributed by atoms with Crippen molar-refractivity contribution in [3.63, 3.8) is 0 Å². The summed E-state index contributed by atoms with van der Waals surface area (Å²) in [6, 6.07) is 0. The van der Waals surface area contributed by atoms with Crippen LogP contribution >= 0.6 is 0 Å². The van der Waals surface area contributed by atoms with Crippen molar-refractivity contribution in [2.75, 3.05) is 6.54 Å². The van der Waals surface area contributed by atoms with E-state index in [4.69, 9.17) is 0 Å². The highest BCUT2D eigenvalue weighted by atomic mass is 16.1. The van der Waals surface area contributed by atoms with Crippen LogP contribution in [0.5, 0.6) is 0 Å². The minimum absolute atomic E-state index is 0.744. The Kier molecular flexibility index (Phi) is 7.56. The van der Waals surface area contributed by atoms with Crippen molar-refractivity contribution >= 4 is 6.41 Å². The van der Waals surface area contributed by atoms with Crippen LogP contribution in [0, 0.1) is 0 Å². The molecular weight excluding hydrogens is 126 g/mol. The standard InChI is InChI=1S/C8H15NO/c1-2-3-4-5-6-7-9-8-10/h2,8H,1,3-7H2,(H,9,10). The molecular formula is C8H15NO. The molecule has 0 aliphatic heterocycles. The number of unbranched alkanes of at least 4 members (excludes halogenated alkanes) is 3. The highest BCUT2D eigenvalue weighted by molar-refractivity contribution is 5.45. The van der Waals surface area contributed by atoms with Gasteiger partial charge in [-0.15, -0.1) is 6.58 Å². The molecule has 0 bridgehead atoms. The monoisotopic (exact) mass is 141 g/mol. The molecule has 58 valence electrons. The number of carbonyl (C=O) groups excluding carboxylic acids is 1. The van der Waals surface area contributed by atoms with Crippen LogP contribution in [0.2, 0.25) is 0 Å². The van der Waals surface area contributed by atoms with E-state index < -0.39 is 0 Å². The Hall–Kier alpha value is -0.790. The van der Waals surface area contributed by atoms with Crippen LogP contribution in [-0.4, -0.2) is 13.0 Å². The first kappa shape index (κ1) is 9.21. The molecule has 0 rings (SSSR count). The molecule has 0 saturated heterocycles. The highest BCUT2D eigenvalue weighted by Gasteiger charge is 1.85. The summed E-state index contributed by atoms with van der Waals surface area (Å²) in [5.41, 5.74) is 0. The van der Waals surface area contributed by atoms with Crippen molar-refractivity contribution in [3.05, 3.63) is 12.7 Å².